The lowest BCUT2D eigenvalue weighted by Crippen LogP contribution is -2.46. The number of para-hydroxylation sites is 1. The zero-order valence-corrected chi connectivity index (χ0v) is 26.1. The molecule has 0 spiro atoms. The van der Waals surface area contributed by atoms with Crippen molar-refractivity contribution in [2.75, 3.05) is 12.3 Å². The van der Waals surface area contributed by atoms with Gasteiger partial charge < -0.3 is 34.9 Å². The van der Waals surface area contributed by atoms with E-state index in [1.54, 1.807) is 6.07 Å². The molecule has 5 N–H and O–H groups in total. The smallest absolute Gasteiger partial charge is 0.458 e. The number of pyridine rings is 2. The van der Waals surface area contributed by atoms with E-state index in [4.69, 9.17) is 29.2 Å². The minimum absolute atomic E-state index is 0.0686. The van der Waals surface area contributed by atoms with E-state index >= 15 is 0 Å². The quantitative estimate of drug-likeness (QED) is 0.137. The highest BCUT2D eigenvalue weighted by molar-refractivity contribution is 7.47. The Morgan fingerprint density at radius 3 is 2.77 bits per heavy atom. The molecule has 0 bridgehead atoms. The number of carbonyl (C=O) groups excluding carboxylic acids is 1. The molecule has 5 aromatic rings. The number of phosphoric ester groups is 1. The lowest BCUT2D eigenvalue weighted by atomic mass is 9.86. The predicted octanol–water partition coefficient (Wildman–Crippen LogP) is 1.26. The van der Waals surface area contributed by atoms with Crippen LogP contribution in [0.5, 0.6) is 0 Å². The number of hydrogen-bond acceptors (Lipinski definition) is 14. The first-order valence-corrected chi connectivity index (χ1v) is 16.5. The van der Waals surface area contributed by atoms with Crippen molar-refractivity contribution < 1.29 is 43.0 Å². The van der Waals surface area contributed by atoms with Gasteiger partial charge in [-0.1, -0.05) is 25.1 Å². The molecule has 248 valence electrons. The van der Waals surface area contributed by atoms with Crippen LogP contribution in [0.3, 0.4) is 0 Å². The standard InChI is InChI=1S/C30H28N7O10P/c1-2-30(47-48(42,43)45-11-20-23(38)24(39)28(46-20)37-13-34-22-25(31)32-12-33-26(22)37)17-8-19-21-15(7-14-5-3-4-6-18(14)35-21)9-36(19)27(40)16(17)10-44-29(30)41/h3-8,12-13,20,23-24,28,38-39H,2,9-11H2,1H3,(H,42,43)(H2,31,32,33)/t20-,23-,24-,28-,30+/m1/s1. The number of carbonyl (C=O) groups is 1. The van der Waals surface area contributed by atoms with Crippen molar-refractivity contribution in [3.63, 3.8) is 0 Å². The summed E-state index contributed by atoms with van der Waals surface area (Å²) in [6.07, 6.45) is -3.32. The maximum absolute atomic E-state index is 13.8. The summed E-state index contributed by atoms with van der Waals surface area (Å²) < 4.78 is 38.3. The first-order chi connectivity index (χ1) is 23.0. The molecule has 1 saturated heterocycles. The maximum Gasteiger partial charge on any atom is 0.473 e. The van der Waals surface area contributed by atoms with Gasteiger partial charge in [0.2, 0.25) is 5.60 Å². The lowest BCUT2D eigenvalue weighted by molar-refractivity contribution is -0.171. The molecular formula is C30H28N7O10P. The molecule has 0 amide bonds. The zero-order chi connectivity index (χ0) is 33.5. The highest BCUT2D eigenvalue weighted by atomic mass is 31.2. The van der Waals surface area contributed by atoms with Crippen LogP contribution in [0.25, 0.3) is 33.5 Å². The first kappa shape index (κ1) is 30.7. The molecule has 1 aromatic carbocycles. The fourth-order valence-electron chi connectivity index (χ4n) is 6.61. The van der Waals surface area contributed by atoms with Crippen LogP contribution in [-0.2, 0) is 46.6 Å². The fraction of sp³-hybridized carbons (Fsp3) is 0.333. The highest BCUT2D eigenvalue weighted by Gasteiger charge is 2.53. The third kappa shape index (κ3) is 4.58. The number of nitrogens with two attached hydrogens (primary N) is 1. The number of anilines is 1. The molecule has 7 heterocycles. The van der Waals surface area contributed by atoms with Gasteiger partial charge in [0.25, 0.3) is 5.56 Å². The SMILES string of the molecule is CC[C@@]1(OP(=O)(O)OC[C@H]2O[C@@H](n3cnc4c(N)ncnc43)[C@H](O)[C@@H]2O)C(=O)OCc2c1cc1n(c2=O)Cc2cc3ccccc3nc2-1. The van der Waals surface area contributed by atoms with Crippen LogP contribution < -0.4 is 11.3 Å². The summed E-state index contributed by atoms with van der Waals surface area (Å²) in [7, 11) is -5.15. The number of hydrogen-bond donors (Lipinski definition) is 4. The molecule has 17 nitrogen and oxygen atoms in total. The summed E-state index contributed by atoms with van der Waals surface area (Å²) in [4.78, 5) is 55.0. The van der Waals surface area contributed by atoms with Gasteiger partial charge in [0, 0.05) is 16.5 Å². The second-order valence-electron chi connectivity index (χ2n) is 11.7. The van der Waals surface area contributed by atoms with Crippen molar-refractivity contribution in [3.05, 3.63) is 76.1 Å². The molecule has 48 heavy (non-hydrogen) atoms. The van der Waals surface area contributed by atoms with Crippen molar-refractivity contribution in [2.45, 2.75) is 56.6 Å². The molecule has 3 aliphatic rings. The van der Waals surface area contributed by atoms with Crippen LogP contribution in [0, 0.1) is 0 Å². The fourth-order valence-corrected chi connectivity index (χ4v) is 7.69. The molecule has 1 unspecified atom stereocenters. The van der Waals surface area contributed by atoms with E-state index in [2.05, 4.69) is 15.0 Å². The minimum Gasteiger partial charge on any atom is -0.458 e. The zero-order valence-electron chi connectivity index (χ0n) is 25.2. The molecule has 6 atom stereocenters. The van der Waals surface area contributed by atoms with Crippen molar-refractivity contribution in [1.29, 1.82) is 0 Å². The summed E-state index contributed by atoms with van der Waals surface area (Å²) in [5.74, 6) is -0.885. The highest BCUT2D eigenvalue weighted by Crippen LogP contribution is 2.54. The number of nitrogens with zero attached hydrogens (tertiary/aromatic N) is 6. The van der Waals surface area contributed by atoms with Crippen LogP contribution in [-0.4, -0.2) is 75.1 Å². The summed E-state index contributed by atoms with van der Waals surface area (Å²) in [5, 5.41) is 22.4. The molecule has 18 heteroatoms. The van der Waals surface area contributed by atoms with E-state index in [-0.39, 0.29) is 47.7 Å². The summed E-state index contributed by atoms with van der Waals surface area (Å²) in [5.41, 5.74) is 6.31. The number of phosphoric acid groups is 1. The van der Waals surface area contributed by atoms with E-state index in [1.807, 2.05) is 30.3 Å². The van der Waals surface area contributed by atoms with Crippen molar-refractivity contribution >= 4 is 41.7 Å². The molecule has 4 aromatic heterocycles. The number of ether oxygens (including phenoxy) is 2. The Labute approximate surface area is 270 Å². The number of benzene rings is 1. The molecule has 0 radical (unpaired) electrons. The Hall–Kier alpha value is -4.61. The van der Waals surface area contributed by atoms with Crippen LogP contribution in [0.1, 0.15) is 36.3 Å². The van der Waals surface area contributed by atoms with Gasteiger partial charge in [0.1, 0.15) is 36.8 Å². The van der Waals surface area contributed by atoms with Gasteiger partial charge >= 0.3 is 13.8 Å². The number of esters is 1. The molecule has 1 fully saturated rings. The lowest BCUT2D eigenvalue weighted by Gasteiger charge is -2.36. The second kappa shape index (κ2) is 11.0. The summed E-state index contributed by atoms with van der Waals surface area (Å²) in [6.45, 7) is 0.695. The van der Waals surface area contributed by atoms with Gasteiger partial charge in [-0.3, -0.25) is 18.4 Å². The van der Waals surface area contributed by atoms with E-state index in [0.29, 0.717) is 16.9 Å². The molecule has 0 saturated carbocycles. The van der Waals surface area contributed by atoms with Gasteiger partial charge in [-0.05, 0) is 24.6 Å². The number of aliphatic hydroxyl groups excluding tert-OH is 2. The van der Waals surface area contributed by atoms with Crippen LogP contribution in [0.2, 0.25) is 0 Å². The van der Waals surface area contributed by atoms with Gasteiger partial charge in [0.15, 0.2) is 17.7 Å². The normalized spacial score (nSPS) is 25.9. The number of aliphatic hydroxyl groups is 2. The average Bonchev–Trinajstić information content (AvgIpc) is 3.75. The summed E-state index contributed by atoms with van der Waals surface area (Å²) >= 11 is 0. The number of fused-ring (bicyclic) bond motifs is 6. The van der Waals surface area contributed by atoms with Crippen molar-refractivity contribution in [1.82, 2.24) is 29.1 Å². The Kier molecular flexibility index (Phi) is 7.01. The molecule has 8 rings (SSSR count). The Morgan fingerprint density at radius 2 is 1.96 bits per heavy atom. The minimum atomic E-state index is -5.15. The third-order valence-corrected chi connectivity index (χ3v) is 10.1. The first-order valence-electron chi connectivity index (χ1n) is 15.0. The molecule has 3 aliphatic heterocycles. The van der Waals surface area contributed by atoms with E-state index in [0.717, 1.165) is 10.9 Å². The monoisotopic (exact) mass is 677 g/mol. The van der Waals surface area contributed by atoms with Crippen LogP contribution in [0.15, 0.2) is 53.8 Å². The van der Waals surface area contributed by atoms with E-state index in [9.17, 15) is 29.3 Å². The number of aromatic nitrogens is 6. The Bertz CT molecular complexity index is 2260. The van der Waals surface area contributed by atoms with Crippen molar-refractivity contribution in [2.24, 2.45) is 0 Å². The Balaban J connectivity index is 1.08. The van der Waals surface area contributed by atoms with Crippen molar-refractivity contribution in [3.8, 4) is 11.4 Å². The molecular weight excluding hydrogens is 649 g/mol. The van der Waals surface area contributed by atoms with Gasteiger partial charge in [-0.15, -0.1) is 0 Å². The maximum atomic E-state index is 13.8. The molecule has 0 aliphatic carbocycles. The van der Waals surface area contributed by atoms with Gasteiger partial charge in [-0.25, -0.2) is 29.3 Å². The average molecular weight is 678 g/mol. The van der Waals surface area contributed by atoms with E-state index < -0.39 is 56.1 Å². The predicted molar refractivity (Wildman–Crippen MR) is 165 cm³/mol. The second-order valence-corrected chi connectivity index (χ2v) is 13.1. The number of cyclic esters (lactones) is 1. The van der Waals surface area contributed by atoms with Gasteiger partial charge in [-0.2, -0.15) is 0 Å². The number of nitrogen functional groups attached to an aromatic ring is 1. The number of imidazole rings is 1. The van der Waals surface area contributed by atoms with Crippen LogP contribution in [0.4, 0.5) is 5.82 Å². The third-order valence-electron chi connectivity index (χ3n) is 9.06. The van der Waals surface area contributed by atoms with Gasteiger partial charge in [0.05, 0.1) is 41.9 Å². The van der Waals surface area contributed by atoms with E-state index in [1.165, 1.54) is 28.7 Å². The number of rotatable bonds is 7. The van der Waals surface area contributed by atoms with Crippen LogP contribution >= 0.6 is 7.82 Å². The summed E-state index contributed by atoms with van der Waals surface area (Å²) in [6, 6.07) is 11.0. The Morgan fingerprint density at radius 1 is 1.15 bits per heavy atom. The topological polar surface area (TPSA) is 236 Å². The largest absolute Gasteiger partial charge is 0.473 e.